The van der Waals surface area contributed by atoms with Gasteiger partial charge in [-0.1, -0.05) is 17.2 Å². The first-order chi connectivity index (χ1) is 17.5. The summed E-state index contributed by atoms with van der Waals surface area (Å²) >= 11 is 0. The summed E-state index contributed by atoms with van der Waals surface area (Å²) < 4.78 is 28.7. The van der Waals surface area contributed by atoms with Crippen molar-refractivity contribution in [2.24, 2.45) is 12.2 Å². The van der Waals surface area contributed by atoms with Crippen molar-refractivity contribution in [1.29, 1.82) is 5.26 Å². The first-order valence-electron chi connectivity index (χ1n) is 11.6. The van der Waals surface area contributed by atoms with Crippen LogP contribution in [-0.2, 0) is 20.0 Å². The molecule has 9 nitrogen and oxygen atoms in total. The van der Waals surface area contributed by atoms with Crippen molar-refractivity contribution in [2.45, 2.75) is 13.0 Å². The van der Waals surface area contributed by atoms with E-state index >= 15 is 0 Å². The minimum Gasteiger partial charge on any atom is -0.352 e. The molecule has 0 amide bonds. The second kappa shape index (κ2) is 9.77. The van der Waals surface area contributed by atoms with Gasteiger partial charge in [-0.25, -0.2) is 18.7 Å². The van der Waals surface area contributed by atoms with Crippen molar-refractivity contribution < 1.29 is 8.78 Å². The fourth-order valence-electron chi connectivity index (χ4n) is 4.81. The molecule has 1 saturated heterocycles. The van der Waals surface area contributed by atoms with Gasteiger partial charge in [-0.05, 0) is 41.8 Å². The van der Waals surface area contributed by atoms with Crippen LogP contribution < -0.4 is 4.90 Å². The number of fused-ring (bicyclic) bond motifs is 3. The third kappa shape index (κ3) is 4.28. The lowest BCUT2D eigenvalue weighted by Crippen LogP contribution is -2.47. The highest BCUT2D eigenvalue weighted by atomic mass is 19.2. The van der Waals surface area contributed by atoms with Crippen molar-refractivity contribution in [3.8, 4) is 6.07 Å². The Kier molecular flexibility index (Phi) is 6.38. The van der Waals surface area contributed by atoms with Crippen LogP contribution in [0, 0.1) is 23.0 Å². The van der Waals surface area contributed by atoms with Crippen molar-refractivity contribution in [3.05, 3.63) is 75.4 Å². The Morgan fingerprint density at radius 2 is 1.92 bits per heavy atom. The van der Waals surface area contributed by atoms with E-state index in [0.717, 1.165) is 47.4 Å². The third-order valence-corrected chi connectivity index (χ3v) is 6.66. The van der Waals surface area contributed by atoms with Gasteiger partial charge in [0, 0.05) is 50.1 Å². The summed E-state index contributed by atoms with van der Waals surface area (Å²) in [7, 11) is 1.93. The summed E-state index contributed by atoms with van der Waals surface area (Å²) in [6, 6.07) is 11.9. The van der Waals surface area contributed by atoms with E-state index in [-0.39, 0.29) is 6.54 Å². The van der Waals surface area contributed by atoms with Crippen LogP contribution in [0.2, 0.25) is 0 Å². The molecule has 4 aromatic rings. The molecule has 0 aliphatic carbocycles. The molecule has 1 aliphatic heterocycles. The summed E-state index contributed by atoms with van der Waals surface area (Å²) in [5.74, 6) is -0.517. The molecule has 0 N–H and O–H groups in total. The van der Waals surface area contributed by atoms with E-state index < -0.39 is 11.6 Å². The molecule has 0 saturated carbocycles. The van der Waals surface area contributed by atoms with Gasteiger partial charge in [0.2, 0.25) is 0 Å². The molecule has 36 heavy (non-hydrogen) atoms. The number of nitriles is 1. The highest BCUT2D eigenvalue weighted by molar-refractivity contribution is 6.11. The second-order valence-electron chi connectivity index (χ2n) is 8.75. The number of hydrogen-bond acceptors (Lipinski definition) is 6. The monoisotopic (exact) mass is 487 g/mol. The Morgan fingerprint density at radius 3 is 2.64 bits per heavy atom. The maximum atomic E-state index is 13.5. The molecule has 2 aromatic heterocycles. The summed E-state index contributed by atoms with van der Waals surface area (Å²) in [4.78, 5) is 16.7. The van der Waals surface area contributed by atoms with Crippen LogP contribution in [0.3, 0.4) is 0 Å². The Balaban J connectivity index is 1.43. The maximum absolute atomic E-state index is 13.5. The first kappa shape index (κ1) is 23.5. The lowest BCUT2D eigenvalue weighted by Gasteiger charge is -2.35. The lowest BCUT2D eigenvalue weighted by molar-refractivity contribution is 0.260. The molecule has 182 valence electrons. The smallest absolute Gasteiger partial charge is 0.159 e. The van der Waals surface area contributed by atoms with Crippen LogP contribution in [0.1, 0.15) is 17.0 Å². The van der Waals surface area contributed by atoms with Gasteiger partial charge in [-0.2, -0.15) is 5.26 Å². The van der Waals surface area contributed by atoms with E-state index in [0.29, 0.717) is 36.4 Å². The van der Waals surface area contributed by atoms with Crippen molar-refractivity contribution >= 4 is 27.8 Å². The molecule has 0 atom stereocenters. The van der Waals surface area contributed by atoms with E-state index in [1.807, 2.05) is 23.7 Å². The molecule has 0 unspecified atom stereocenters. The number of piperazine rings is 1. The second-order valence-corrected chi connectivity index (χ2v) is 8.75. The zero-order chi connectivity index (χ0) is 25.2. The van der Waals surface area contributed by atoms with E-state index in [2.05, 4.69) is 30.9 Å². The van der Waals surface area contributed by atoms with Crippen LogP contribution in [0.5, 0.6) is 0 Å². The summed E-state index contributed by atoms with van der Waals surface area (Å²) in [5, 5.41) is 14.1. The van der Waals surface area contributed by atoms with Crippen LogP contribution in [0.15, 0.2) is 41.5 Å². The summed E-state index contributed by atoms with van der Waals surface area (Å²) in [6.07, 6.45) is 0.630. The van der Waals surface area contributed by atoms with E-state index in [1.165, 1.54) is 12.1 Å². The molecule has 0 radical (unpaired) electrons. The number of hydrogen-bond donors (Lipinski definition) is 0. The fourth-order valence-corrected chi connectivity index (χ4v) is 4.81. The van der Waals surface area contributed by atoms with Crippen LogP contribution >= 0.6 is 0 Å². The minimum atomic E-state index is -0.835. The lowest BCUT2D eigenvalue weighted by atomic mass is 10.1. The number of azide groups is 1. The average molecular weight is 488 g/mol. The first-order valence-corrected chi connectivity index (χ1v) is 11.6. The van der Waals surface area contributed by atoms with Gasteiger partial charge in [0.1, 0.15) is 16.9 Å². The van der Waals surface area contributed by atoms with Gasteiger partial charge < -0.3 is 9.47 Å². The van der Waals surface area contributed by atoms with Gasteiger partial charge >= 0.3 is 0 Å². The Bertz CT molecular complexity index is 1540. The molecule has 1 aliphatic rings. The van der Waals surface area contributed by atoms with E-state index in [1.54, 1.807) is 12.1 Å². The van der Waals surface area contributed by atoms with Crippen molar-refractivity contribution in [2.75, 3.05) is 37.6 Å². The minimum absolute atomic E-state index is 0.0126. The van der Waals surface area contributed by atoms with Crippen LogP contribution in [0.25, 0.3) is 32.4 Å². The number of benzene rings is 2. The Morgan fingerprint density at radius 1 is 1.11 bits per heavy atom. The van der Waals surface area contributed by atoms with Gasteiger partial charge in [0.05, 0.1) is 23.7 Å². The topological polar surface area (TPSA) is 110 Å². The number of rotatable bonds is 6. The molecule has 0 spiro atoms. The standard InChI is InChI=1S/C25H23F2N9/c1-34-20-4-2-3-17(14-28)22(20)23-24(34)25(32-21(31-23)15-30-33-29)36-11-9-35(10-12-36)8-7-16-5-6-18(26)19(27)13-16/h2-6,13H,7-12,15H2,1H3. The van der Waals surface area contributed by atoms with Gasteiger partial charge in [-0.3, -0.25) is 4.90 Å². The normalized spacial score (nSPS) is 14.2. The quantitative estimate of drug-likeness (QED) is 0.227. The molecular weight excluding hydrogens is 464 g/mol. The predicted molar refractivity (Wildman–Crippen MR) is 132 cm³/mol. The number of aryl methyl sites for hydroxylation is 1. The number of anilines is 1. The average Bonchev–Trinajstić information content (AvgIpc) is 3.20. The Hall–Kier alpha value is -4.26. The molecule has 5 rings (SSSR count). The molecule has 2 aromatic carbocycles. The van der Waals surface area contributed by atoms with Gasteiger partial charge in [0.25, 0.3) is 0 Å². The molecule has 0 bridgehead atoms. The molecule has 3 heterocycles. The third-order valence-electron chi connectivity index (χ3n) is 6.66. The van der Waals surface area contributed by atoms with Crippen molar-refractivity contribution in [3.63, 3.8) is 0 Å². The SMILES string of the molecule is Cn1c2cccc(C#N)c2c2nc(CN=[N+]=[N-])nc(N3CCN(CCc4ccc(F)c(F)c4)CC3)c21. The zero-order valence-electron chi connectivity index (χ0n) is 19.7. The number of halogens is 2. The fraction of sp³-hybridized carbons (Fsp3) is 0.320. The zero-order valence-corrected chi connectivity index (χ0v) is 19.7. The van der Waals surface area contributed by atoms with Crippen LogP contribution in [0.4, 0.5) is 14.6 Å². The predicted octanol–water partition coefficient (Wildman–Crippen LogP) is 4.45. The Labute approximate surface area is 205 Å². The highest BCUT2D eigenvalue weighted by Crippen LogP contribution is 2.34. The van der Waals surface area contributed by atoms with Crippen LogP contribution in [-0.4, -0.2) is 52.2 Å². The number of nitrogens with zero attached hydrogens (tertiary/aromatic N) is 9. The summed E-state index contributed by atoms with van der Waals surface area (Å²) in [6.45, 7) is 3.70. The number of aromatic nitrogens is 3. The van der Waals surface area contributed by atoms with E-state index in [4.69, 9.17) is 10.5 Å². The molecule has 1 fully saturated rings. The maximum Gasteiger partial charge on any atom is 0.159 e. The van der Waals surface area contributed by atoms with Gasteiger partial charge in [-0.15, -0.1) is 0 Å². The van der Waals surface area contributed by atoms with Crippen molar-refractivity contribution in [1.82, 2.24) is 19.4 Å². The molecular formula is C25H23F2N9. The summed E-state index contributed by atoms with van der Waals surface area (Å²) in [5.41, 5.74) is 12.5. The molecule has 11 heteroatoms. The van der Waals surface area contributed by atoms with Gasteiger partial charge in [0.15, 0.2) is 17.5 Å². The largest absolute Gasteiger partial charge is 0.352 e. The highest BCUT2D eigenvalue weighted by Gasteiger charge is 2.25. The van der Waals surface area contributed by atoms with E-state index in [9.17, 15) is 14.0 Å².